The van der Waals surface area contributed by atoms with Crippen LogP contribution in [0.2, 0.25) is 0 Å². The molecule has 0 bridgehead atoms. The Hall–Kier alpha value is -1.37. The Kier molecular flexibility index (Phi) is 6.04. The number of carbonyl (C=O) groups excluding carboxylic acids is 1. The molecule has 1 fully saturated rings. The van der Waals surface area contributed by atoms with Crippen molar-refractivity contribution in [1.29, 1.82) is 0 Å². The highest BCUT2D eigenvalue weighted by molar-refractivity contribution is 5.93. The molecule has 2 heterocycles. The molecule has 6 heteroatoms. The van der Waals surface area contributed by atoms with E-state index in [1.165, 1.54) is 6.26 Å². The molecule has 1 saturated heterocycles. The van der Waals surface area contributed by atoms with Gasteiger partial charge >= 0.3 is 0 Å². The Bertz CT molecular complexity index is 413. The molecule has 3 N–H and O–H groups in total. The van der Waals surface area contributed by atoms with E-state index >= 15 is 0 Å². The molecule has 1 aliphatic rings. The topological polar surface area (TPSA) is 86.7 Å². The van der Waals surface area contributed by atoms with E-state index in [9.17, 15) is 4.79 Å². The predicted octanol–water partition coefficient (Wildman–Crippen LogP) is 1.05. The van der Waals surface area contributed by atoms with E-state index in [2.05, 4.69) is 5.32 Å². The second-order valence-electron chi connectivity index (χ2n) is 4.83. The van der Waals surface area contributed by atoms with Crippen LogP contribution >= 0.6 is 0 Å². The minimum absolute atomic E-state index is 0.146. The minimum atomic E-state index is -0.146. The number of nitrogens with one attached hydrogen (secondary N) is 1. The number of rotatable bonds is 8. The maximum Gasteiger partial charge on any atom is 0.254 e. The van der Waals surface area contributed by atoms with E-state index in [0.29, 0.717) is 37.6 Å². The highest BCUT2D eigenvalue weighted by atomic mass is 16.5. The van der Waals surface area contributed by atoms with Crippen molar-refractivity contribution in [2.75, 3.05) is 26.4 Å². The smallest absolute Gasteiger partial charge is 0.254 e. The van der Waals surface area contributed by atoms with Gasteiger partial charge in [0.2, 0.25) is 0 Å². The quantitative estimate of drug-likeness (QED) is 0.696. The van der Waals surface area contributed by atoms with E-state index < -0.39 is 0 Å². The van der Waals surface area contributed by atoms with Crippen molar-refractivity contribution in [1.82, 2.24) is 5.32 Å². The van der Waals surface area contributed by atoms with Gasteiger partial charge in [-0.3, -0.25) is 4.79 Å². The van der Waals surface area contributed by atoms with Gasteiger partial charge < -0.3 is 24.9 Å². The van der Waals surface area contributed by atoms with E-state index in [0.717, 1.165) is 25.9 Å². The Labute approximate surface area is 118 Å². The van der Waals surface area contributed by atoms with Gasteiger partial charge in [-0.25, -0.2) is 0 Å². The second kappa shape index (κ2) is 8.04. The molecule has 0 aliphatic carbocycles. The van der Waals surface area contributed by atoms with Crippen molar-refractivity contribution in [2.45, 2.75) is 31.9 Å². The minimum Gasteiger partial charge on any atom is -0.467 e. The first-order valence-corrected chi connectivity index (χ1v) is 7.04. The van der Waals surface area contributed by atoms with Crippen molar-refractivity contribution in [3.8, 4) is 0 Å². The van der Waals surface area contributed by atoms with Gasteiger partial charge in [0.05, 0.1) is 24.8 Å². The van der Waals surface area contributed by atoms with Crippen molar-refractivity contribution in [2.24, 2.45) is 5.73 Å². The molecular weight excluding hydrogens is 260 g/mol. The van der Waals surface area contributed by atoms with Gasteiger partial charge in [-0.1, -0.05) is 0 Å². The normalized spacial score (nSPS) is 18.4. The summed E-state index contributed by atoms with van der Waals surface area (Å²) in [6.07, 6.45) is 4.66. The summed E-state index contributed by atoms with van der Waals surface area (Å²) in [5, 5.41) is 2.81. The van der Waals surface area contributed by atoms with Gasteiger partial charge in [0, 0.05) is 19.8 Å². The maximum atomic E-state index is 11.7. The van der Waals surface area contributed by atoms with E-state index in [4.69, 9.17) is 19.6 Å². The lowest BCUT2D eigenvalue weighted by atomic mass is 10.2. The zero-order chi connectivity index (χ0) is 14.2. The fourth-order valence-electron chi connectivity index (χ4n) is 2.08. The van der Waals surface area contributed by atoms with Gasteiger partial charge in [0.1, 0.15) is 12.0 Å². The first kappa shape index (κ1) is 15.0. The molecule has 0 aromatic carbocycles. The standard InChI is InChI=1S/C14H22N2O4/c15-8-13-7-11(9-20-13)14(17)16-4-2-5-18-10-12-3-1-6-19-12/h7,9,12H,1-6,8,10,15H2,(H,16,17). The molecule has 112 valence electrons. The molecule has 1 aliphatic heterocycles. The third-order valence-electron chi connectivity index (χ3n) is 3.20. The first-order chi connectivity index (χ1) is 9.79. The van der Waals surface area contributed by atoms with Crippen LogP contribution in [0.1, 0.15) is 35.4 Å². The number of carbonyl (C=O) groups is 1. The first-order valence-electron chi connectivity index (χ1n) is 7.04. The van der Waals surface area contributed by atoms with Crippen LogP contribution in [0.4, 0.5) is 0 Å². The SMILES string of the molecule is NCc1cc(C(=O)NCCCOCC2CCCO2)co1. The molecular formula is C14H22N2O4. The lowest BCUT2D eigenvalue weighted by Gasteiger charge is -2.10. The van der Waals surface area contributed by atoms with Crippen LogP contribution < -0.4 is 11.1 Å². The Morgan fingerprint density at radius 3 is 3.15 bits per heavy atom. The fraction of sp³-hybridized carbons (Fsp3) is 0.643. The van der Waals surface area contributed by atoms with Crippen molar-refractivity contribution in [3.63, 3.8) is 0 Å². The summed E-state index contributed by atoms with van der Waals surface area (Å²) in [7, 11) is 0. The van der Waals surface area contributed by atoms with Gasteiger partial charge in [-0.2, -0.15) is 0 Å². The molecule has 1 aromatic rings. The summed E-state index contributed by atoms with van der Waals surface area (Å²) < 4.78 is 16.1. The summed E-state index contributed by atoms with van der Waals surface area (Å²) in [6, 6.07) is 1.66. The highest BCUT2D eigenvalue weighted by Gasteiger charge is 2.15. The van der Waals surface area contributed by atoms with Crippen molar-refractivity contribution >= 4 is 5.91 Å². The summed E-state index contributed by atoms with van der Waals surface area (Å²) >= 11 is 0. The molecule has 1 atom stereocenters. The number of ether oxygens (including phenoxy) is 2. The average molecular weight is 282 g/mol. The summed E-state index contributed by atoms with van der Waals surface area (Å²) in [4.78, 5) is 11.7. The van der Waals surface area contributed by atoms with Crippen LogP contribution in [0.3, 0.4) is 0 Å². The number of furan rings is 1. The van der Waals surface area contributed by atoms with Crippen LogP contribution in [0.25, 0.3) is 0 Å². The number of hydrogen-bond acceptors (Lipinski definition) is 5. The zero-order valence-electron chi connectivity index (χ0n) is 11.6. The van der Waals surface area contributed by atoms with E-state index in [1.807, 2.05) is 0 Å². The molecule has 1 unspecified atom stereocenters. The number of nitrogens with two attached hydrogens (primary N) is 1. The molecule has 6 nitrogen and oxygen atoms in total. The predicted molar refractivity (Wildman–Crippen MR) is 73.3 cm³/mol. The van der Waals surface area contributed by atoms with Gasteiger partial charge in [0.25, 0.3) is 5.91 Å². The van der Waals surface area contributed by atoms with Gasteiger partial charge in [0.15, 0.2) is 0 Å². The van der Waals surface area contributed by atoms with Crippen molar-refractivity contribution in [3.05, 3.63) is 23.7 Å². The fourth-order valence-corrected chi connectivity index (χ4v) is 2.08. The van der Waals surface area contributed by atoms with Crippen LogP contribution in [-0.2, 0) is 16.0 Å². The molecule has 2 rings (SSSR count). The molecule has 0 radical (unpaired) electrons. The third kappa shape index (κ3) is 4.63. The third-order valence-corrected chi connectivity index (χ3v) is 3.20. The average Bonchev–Trinajstić information content (AvgIpc) is 3.13. The number of amides is 1. The lowest BCUT2D eigenvalue weighted by molar-refractivity contribution is 0.0166. The largest absolute Gasteiger partial charge is 0.467 e. The van der Waals surface area contributed by atoms with Crippen LogP contribution in [-0.4, -0.2) is 38.4 Å². The molecule has 20 heavy (non-hydrogen) atoms. The Balaban J connectivity index is 1.52. The maximum absolute atomic E-state index is 11.7. The zero-order valence-corrected chi connectivity index (χ0v) is 11.6. The molecule has 0 saturated carbocycles. The summed E-state index contributed by atoms with van der Waals surface area (Å²) in [5.41, 5.74) is 5.92. The Morgan fingerprint density at radius 2 is 2.45 bits per heavy atom. The summed E-state index contributed by atoms with van der Waals surface area (Å²) in [5.74, 6) is 0.461. The van der Waals surface area contributed by atoms with E-state index in [-0.39, 0.29) is 12.0 Å². The molecule has 1 aromatic heterocycles. The second-order valence-corrected chi connectivity index (χ2v) is 4.83. The number of hydrogen-bond donors (Lipinski definition) is 2. The molecule has 0 spiro atoms. The van der Waals surface area contributed by atoms with Gasteiger partial charge in [-0.15, -0.1) is 0 Å². The Morgan fingerprint density at radius 1 is 1.55 bits per heavy atom. The van der Waals surface area contributed by atoms with Crippen LogP contribution in [0.15, 0.2) is 16.7 Å². The van der Waals surface area contributed by atoms with Crippen LogP contribution in [0, 0.1) is 0 Å². The summed E-state index contributed by atoms with van der Waals surface area (Å²) in [6.45, 7) is 2.99. The van der Waals surface area contributed by atoms with Crippen molar-refractivity contribution < 1.29 is 18.7 Å². The molecule has 1 amide bonds. The van der Waals surface area contributed by atoms with E-state index in [1.54, 1.807) is 6.07 Å². The highest BCUT2D eigenvalue weighted by Crippen LogP contribution is 2.11. The van der Waals surface area contributed by atoms with Gasteiger partial charge in [-0.05, 0) is 25.3 Å². The monoisotopic (exact) mass is 282 g/mol. The van der Waals surface area contributed by atoms with Crippen LogP contribution in [0.5, 0.6) is 0 Å². The lowest BCUT2D eigenvalue weighted by Crippen LogP contribution is -2.25.